The Morgan fingerprint density at radius 3 is 2.42 bits per heavy atom. The predicted molar refractivity (Wildman–Crippen MR) is 77.0 cm³/mol. The van der Waals surface area contributed by atoms with Crippen LogP contribution in [0.5, 0.6) is 5.75 Å². The minimum atomic E-state index is 0.0275. The Hall–Kier alpha value is -1.55. The number of rotatable bonds is 7. The van der Waals surface area contributed by atoms with Crippen LogP contribution in [-0.2, 0) is 11.3 Å². The second-order valence-corrected chi connectivity index (χ2v) is 4.82. The van der Waals surface area contributed by atoms with Crippen LogP contribution in [0.2, 0.25) is 0 Å². The van der Waals surface area contributed by atoms with Crippen LogP contribution >= 0.6 is 0 Å². The van der Waals surface area contributed by atoms with Crippen molar-refractivity contribution in [3.05, 3.63) is 29.8 Å². The Bertz CT molecular complexity index is 388. The Morgan fingerprint density at radius 1 is 1.32 bits per heavy atom. The van der Waals surface area contributed by atoms with Crippen molar-refractivity contribution in [2.45, 2.75) is 39.8 Å². The number of nitrogens with two attached hydrogens (primary N) is 1. The zero-order valence-corrected chi connectivity index (χ0v) is 12.1. The Morgan fingerprint density at radius 2 is 1.95 bits per heavy atom. The summed E-state index contributed by atoms with van der Waals surface area (Å²) in [5, 5.41) is 0. The molecule has 0 saturated carbocycles. The lowest BCUT2D eigenvalue weighted by Crippen LogP contribution is -2.40. The van der Waals surface area contributed by atoms with Crippen LogP contribution in [-0.4, -0.2) is 30.0 Å². The molecule has 0 unspecified atom stereocenters. The van der Waals surface area contributed by atoms with E-state index in [2.05, 4.69) is 6.92 Å². The second-order valence-electron chi connectivity index (χ2n) is 4.82. The van der Waals surface area contributed by atoms with Crippen LogP contribution in [0, 0.1) is 0 Å². The summed E-state index contributed by atoms with van der Waals surface area (Å²) in [6, 6.07) is 7.71. The minimum Gasteiger partial charge on any atom is -0.484 e. The summed E-state index contributed by atoms with van der Waals surface area (Å²) in [7, 11) is 0. The van der Waals surface area contributed by atoms with E-state index in [1.54, 1.807) is 0 Å². The van der Waals surface area contributed by atoms with E-state index in [4.69, 9.17) is 10.5 Å². The average molecular weight is 264 g/mol. The Balaban J connectivity index is 2.52. The molecule has 0 heterocycles. The fourth-order valence-electron chi connectivity index (χ4n) is 1.86. The summed E-state index contributed by atoms with van der Waals surface area (Å²) in [4.78, 5) is 13.9. The van der Waals surface area contributed by atoms with E-state index in [0.29, 0.717) is 12.3 Å². The topological polar surface area (TPSA) is 55.6 Å². The Labute approximate surface area is 115 Å². The number of nitrogens with zero attached hydrogens (tertiary/aromatic N) is 1. The smallest absolute Gasteiger partial charge is 0.260 e. The number of hydrogen-bond acceptors (Lipinski definition) is 3. The molecule has 1 aromatic rings. The molecule has 1 amide bonds. The van der Waals surface area contributed by atoms with Crippen LogP contribution < -0.4 is 10.5 Å². The van der Waals surface area contributed by atoms with Gasteiger partial charge in [0.25, 0.3) is 5.91 Å². The first kappa shape index (κ1) is 15.5. The molecular formula is C15H24N2O2. The standard InChI is InChI=1S/C15H24N2O2/c1-4-9-17(12(2)3)15(18)11-19-14-7-5-13(10-16)6-8-14/h5-8,12H,4,9-11,16H2,1-3H3. The van der Waals surface area contributed by atoms with Crippen LogP contribution in [0.25, 0.3) is 0 Å². The van der Waals surface area contributed by atoms with Crippen molar-refractivity contribution < 1.29 is 9.53 Å². The van der Waals surface area contributed by atoms with Crippen LogP contribution in [0.1, 0.15) is 32.8 Å². The van der Waals surface area contributed by atoms with Gasteiger partial charge in [-0.15, -0.1) is 0 Å². The van der Waals surface area contributed by atoms with Crippen molar-refractivity contribution in [1.29, 1.82) is 0 Å². The maximum absolute atomic E-state index is 12.1. The third-order valence-corrected chi connectivity index (χ3v) is 2.93. The quantitative estimate of drug-likeness (QED) is 0.821. The van der Waals surface area contributed by atoms with Gasteiger partial charge in [-0.05, 0) is 38.0 Å². The molecule has 106 valence electrons. The molecule has 0 aliphatic heterocycles. The van der Waals surface area contributed by atoms with Crippen molar-refractivity contribution in [3.63, 3.8) is 0 Å². The fourth-order valence-corrected chi connectivity index (χ4v) is 1.86. The molecule has 0 atom stereocenters. The number of ether oxygens (including phenoxy) is 1. The Kier molecular flexibility index (Phi) is 6.36. The lowest BCUT2D eigenvalue weighted by Gasteiger charge is -2.26. The number of amides is 1. The molecule has 1 rings (SSSR count). The molecular weight excluding hydrogens is 240 g/mol. The summed E-state index contributed by atoms with van der Waals surface area (Å²) in [6.07, 6.45) is 0.953. The van der Waals surface area contributed by atoms with Gasteiger partial charge >= 0.3 is 0 Å². The first-order chi connectivity index (χ1) is 9.08. The summed E-state index contributed by atoms with van der Waals surface area (Å²) in [5.41, 5.74) is 6.58. The first-order valence-corrected chi connectivity index (χ1v) is 6.79. The van der Waals surface area contributed by atoms with E-state index in [0.717, 1.165) is 18.5 Å². The average Bonchev–Trinajstić information content (AvgIpc) is 2.42. The number of carbonyl (C=O) groups is 1. The molecule has 1 aromatic carbocycles. The zero-order valence-electron chi connectivity index (χ0n) is 12.1. The van der Waals surface area contributed by atoms with E-state index >= 15 is 0 Å². The molecule has 0 aliphatic carbocycles. The number of carbonyl (C=O) groups excluding carboxylic acids is 1. The summed E-state index contributed by atoms with van der Waals surface area (Å²) >= 11 is 0. The second kappa shape index (κ2) is 7.79. The van der Waals surface area contributed by atoms with Gasteiger partial charge in [-0.1, -0.05) is 19.1 Å². The van der Waals surface area contributed by atoms with Crippen molar-refractivity contribution in [3.8, 4) is 5.75 Å². The van der Waals surface area contributed by atoms with Gasteiger partial charge in [0.15, 0.2) is 6.61 Å². The van der Waals surface area contributed by atoms with Crippen LogP contribution in [0.3, 0.4) is 0 Å². The molecule has 0 saturated heterocycles. The minimum absolute atomic E-state index is 0.0275. The highest BCUT2D eigenvalue weighted by Gasteiger charge is 2.16. The van der Waals surface area contributed by atoms with Crippen LogP contribution in [0.4, 0.5) is 0 Å². The maximum atomic E-state index is 12.1. The molecule has 0 fully saturated rings. The number of benzene rings is 1. The van der Waals surface area contributed by atoms with Crippen molar-refractivity contribution in [2.24, 2.45) is 5.73 Å². The molecule has 19 heavy (non-hydrogen) atoms. The monoisotopic (exact) mass is 264 g/mol. The van der Waals surface area contributed by atoms with Gasteiger partial charge in [-0.3, -0.25) is 4.79 Å². The van der Waals surface area contributed by atoms with Crippen molar-refractivity contribution >= 4 is 5.91 Å². The van der Waals surface area contributed by atoms with E-state index in [9.17, 15) is 4.79 Å². The van der Waals surface area contributed by atoms with E-state index in [-0.39, 0.29) is 18.6 Å². The molecule has 4 nitrogen and oxygen atoms in total. The molecule has 0 radical (unpaired) electrons. The van der Waals surface area contributed by atoms with E-state index in [1.807, 2.05) is 43.0 Å². The van der Waals surface area contributed by atoms with Gasteiger partial charge in [-0.25, -0.2) is 0 Å². The lowest BCUT2D eigenvalue weighted by molar-refractivity contribution is -0.135. The van der Waals surface area contributed by atoms with Gasteiger partial charge in [0.1, 0.15) is 5.75 Å². The van der Waals surface area contributed by atoms with Gasteiger partial charge in [0.05, 0.1) is 0 Å². The molecule has 0 spiro atoms. The third kappa shape index (κ3) is 4.91. The number of hydrogen-bond donors (Lipinski definition) is 1. The van der Waals surface area contributed by atoms with Gasteiger partial charge in [0, 0.05) is 19.1 Å². The summed E-state index contributed by atoms with van der Waals surface area (Å²) in [6.45, 7) is 7.46. The normalized spacial score (nSPS) is 10.6. The maximum Gasteiger partial charge on any atom is 0.260 e. The van der Waals surface area contributed by atoms with Gasteiger partial charge in [0.2, 0.25) is 0 Å². The lowest BCUT2D eigenvalue weighted by atomic mass is 10.2. The molecule has 0 bridgehead atoms. The predicted octanol–water partition coefficient (Wildman–Crippen LogP) is 2.17. The van der Waals surface area contributed by atoms with E-state index in [1.165, 1.54) is 0 Å². The first-order valence-electron chi connectivity index (χ1n) is 6.79. The van der Waals surface area contributed by atoms with Gasteiger partial charge < -0.3 is 15.4 Å². The van der Waals surface area contributed by atoms with Gasteiger partial charge in [-0.2, -0.15) is 0 Å². The summed E-state index contributed by atoms with van der Waals surface area (Å²) < 4.78 is 5.51. The molecule has 2 N–H and O–H groups in total. The molecule has 0 aromatic heterocycles. The van der Waals surface area contributed by atoms with E-state index < -0.39 is 0 Å². The van der Waals surface area contributed by atoms with Crippen molar-refractivity contribution in [2.75, 3.05) is 13.2 Å². The third-order valence-electron chi connectivity index (χ3n) is 2.93. The van der Waals surface area contributed by atoms with Crippen LogP contribution in [0.15, 0.2) is 24.3 Å². The highest BCUT2D eigenvalue weighted by Crippen LogP contribution is 2.12. The molecule has 4 heteroatoms. The van der Waals surface area contributed by atoms with Crippen molar-refractivity contribution in [1.82, 2.24) is 4.90 Å². The molecule has 0 aliphatic rings. The highest BCUT2D eigenvalue weighted by molar-refractivity contribution is 5.78. The summed E-state index contributed by atoms with van der Waals surface area (Å²) in [5.74, 6) is 0.727. The SMILES string of the molecule is CCCN(C(=O)COc1ccc(CN)cc1)C(C)C. The largest absolute Gasteiger partial charge is 0.484 e. The highest BCUT2D eigenvalue weighted by atomic mass is 16.5. The fraction of sp³-hybridized carbons (Fsp3) is 0.533. The zero-order chi connectivity index (χ0) is 14.3.